The number of carbonyl (C=O) groups is 1. The summed E-state index contributed by atoms with van der Waals surface area (Å²) in [5, 5.41) is 0. The Morgan fingerprint density at radius 1 is 1.18 bits per heavy atom. The highest BCUT2D eigenvalue weighted by Gasteiger charge is 2.13. The van der Waals surface area contributed by atoms with E-state index in [1.54, 1.807) is 17.8 Å². The molecule has 3 nitrogen and oxygen atoms in total. The second-order valence-corrected chi connectivity index (χ2v) is 4.57. The predicted octanol–water partition coefficient (Wildman–Crippen LogP) is 3.41. The monoisotopic (exact) mass is 254 g/mol. The molecule has 0 radical (unpaired) electrons. The van der Waals surface area contributed by atoms with E-state index in [0.717, 1.165) is 22.7 Å². The molecule has 0 aromatic heterocycles. The quantitative estimate of drug-likeness (QED) is 0.552. The van der Waals surface area contributed by atoms with E-state index in [4.69, 9.17) is 9.47 Å². The summed E-state index contributed by atoms with van der Waals surface area (Å²) in [7, 11) is 0. The number of carbonyl (C=O) groups excluding carboxylic acids is 1. The summed E-state index contributed by atoms with van der Waals surface area (Å²) >= 11 is 1.65. The maximum absolute atomic E-state index is 10.9. The van der Waals surface area contributed by atoms with Gasteiger partial charge in [-0.2, -0.15) is 0 Å². The number of hydrogen-bond acceptors (Lipinski definition) is 4. The molecule has 0 atom stereocenters. The van der Waals surface area contributed by atoms with Crippen LogP contribution in [-0.4, -0.2) is 25.3 Å². The molecule has 0 aliphatic carbocycles. The van der Waals surface area contributed by atoms with Crippen molar-refractivity contribution in [1.29, 1.82) is 0 Å². The summed E-state index contributed by atoms with van der Waals surface area (Å²) < 4.78 is 11.1. The van der Waals surface area contributed by atoms with E-state index in [-0.39, 0.29) is 0 Å². The Kier molecular flexibility index (Phi) is 5.91. The Labute approximate surface area is 106 Å². The Balaban J connectivity index is 3.21. The normalized spacial score (nSPS) is 10.1. The van der Waals surface area contributed by atoms with Crippen molar-refractivity contribution in [3.05, 3.63) is 17.7 Å². The van der Waals surface area contributed by atoms with Crippen LogP contribution in [0.5, 0.6) is 11.5 Å². The van der Waals surface area contributed by atoms with Gasteiger partial charge < -0.3 is 9.47 Å². The van der Waals surface area contributed by atoms with Crippen molar-refractivity contribution in [3.8, 4) is 11.5 Å². The average Bonchev–Trinajstić information content (AvgIpc) is 2.33. The van der Waals surface area contributed by atoms with Crippen LogP contribution < -0.4 is 9.47 Å². The van der Waals surface area contributed by atoms with Gasteiger partial charge in [-0.3, -0.25) is 4.79 Å². The minimum absolute atomic E-state index is 0.554. The maximum Gasteiger partial charge on any atom is 0.174 e. The van der Waals surface area contributed by atoms with Gasteiger partial charge in [0.25, 0.3) is 0 Å². The maximum atomic E-state index is 10.9. The number of rotatable bonds is 7. The molecule has 94 valence electrons. The van der Waals surface area contributed by atoms with Gasteiger partial charge in [0.05, 0.1) is 18.1 Å². The molecule has 1 aromatic rings. The fourth-order valence-corrected chi connectivity index (χ4v) is 2.30. The molecule has 0 aliphatic rings. The number of aldehydes is 1. The molecule has 0 heterocycles. The lowest BCUT2D eigenvalue weighted by Gasteiger charge is -2.15. The van der Waals surface area contributed by atoms with Crippen molar-refractivity contribution < 1.29 is 14.3 Å². The second kappa shape index (κ2) is 7.22. The molecule has 17 heavy (non-hydrogen) atoms. The van der Waals surface area contributed by atoms with Crippen molar-refractivity contribution >= 4 is 18.0 Å². The van der Waals surface area contributed by atoms with Gasteiger partial charge in [-0.1, -0.05) is 6.92 Å². The summed E-state index contributed by atoms with van der Waals surface area (Å²) in [6.07, 6.45) is 0.831. The lowest BCUT2D eigenvalue weighted by Crippen LogP contribution is -2.01. The van der Waals surface area contributed by atoms with Crippen LogP contribution in [0.25, 0.3) is 0 Å². The van der Waals surface area contributed by atoms with Gasteiger partial charge in [-0.05, 0) is 31.7 Å². The summed E-state index contributed by atoms with van der Waals surface area (Å²) in [4.78, 5) is 11.8. The molecule has 0 saturated carbocycles. The highest BCUT2D eigenvalue weighted by molar-refractivity contribution is 7.99. The van der Waals surface area contributed by atoms with E-state index in [2.05, 4.69) is 6.92 Å². The van der Waals surface area contributed by atoms with Crippen LogP contribution in [0.2, 0.25) is 0 Å². The lowest BCUT2D eigenvalue weighted by atomic mass is 10.2. The fourth-order valence-electron chi connectivity index (χ4n) is 1.48. The number of thioether (sulfide) groups is 1. The third-order valence-electron chi connectivity index (χ3n) is 2.07. The number of benzene rings is 1. The molecule has 0 saturated heterocycles. The molecular formula is C13H18O3S. The molecule has 0 spiro atoms. The minimum atomic E-state index is 0.554. The van der Waals surface area contributed by atoms with Gasteiger partial charge in [-0.15, -0.1) is 11.8 Å². The SMILES string of the molecule is CCOc1cc(C=O)cc(SCC)c1OCC. The number of hydrogen-bond donors (Lipinski definition) is 0. The molecule has 0 bridgehead atoms. The zero-order chi connectivity index (χ0) is 12.7. The molecule has 0 fully saturated rings. The van der Waals surface area contributed by atoms with Crippen LogP contribution in [0.4, 0.5) is 0 Å². The first kappa shape index (κ1) is 13.9. The molecular weight excluding hydrogens is 236 g/mol. The van der Waals surface area contributed by atoms with Crippen molar-refractivity contribution in [2.75, 3.05) is 19.0 Å². The van der Waals surface area contributed by atoms with Crippen LogP contribution in [0, 0.1) is 0 Å². The highest BCUT2D eigenvalue weighted by atomic mass is 32.2. The van der Waals surface area contributed by atoms with Crippen LogP contribution in [0.1, 0.15) is 31.1 Å². The molecule has 0 N–H and O–H groups in total. The largest absolute Gasteiger partial charge is 0.490 e. The Morgan fingerprint density at radius 2 is 1.88 bits per heavy atom. The Hall–Kier alpha value is -1.16. The van der Waals surface area contributed by atoms with Gasteiger partial charge in [0.15, 0.2) is 11.5 Å². The summed E-state index contributed by atoms with van der Waals surface area (Å²) in [5.41, 5.74) is 0.618. The standard InChI is InChI=1S/C13H18O3S/c1-4-15-11-7-10(9-14)8-12(17-6-3)13(11)16-5-2/h7-9H,4-6H2,1-3H3. The molecule has 0 amide bonds. The second-order valence-electron chi connectivity index (χ2n) is 3.26. The van der Waals surface area contributed by atoms with Crippen LogP contribution in [0.3, 0.4) is 0 Å². The molecule has 0 unspecified atom stereocenters. The average molecular weight is 254 g/mol. The van der Waals surface area contributed by atoms with Crippen LogP contribution in [0.15, 0.2) is 17.0 Å². The van der Waals surface area contributed by atoms with Gasteiger partial charge in [0.1, 0.15) is 6.29 Å². The Morgan fingerprint density at radius 3 is 2.41 bits per heavy atom. The molecule has 1 aromatic carbocycles. The van der Waals surface area contributed by atoms with Crippen molar-refractivity contribution in [2.45, 2.75) is 25.7 Å². The molecule has 1 rings (SSSR count). The Bertz CT molecular complexity index is 350. The van der Waals surface area contributed by atoms with Crippen molar-refractivity contribution in [1.82, 2.24) is 0 Å². The lowest BCUT2D eigenvalue weighted by molar-refractivity contribution is 0.112. The topological polar surface area (TPSA) is 35.5 Å². The minimum Gasteiger partial charge on any atom is -0.490 e. The summed E-state index contributed by atoms with van der Waals surface area (Å²) in [6, 6.07) is 3.57. The highest BCUT2D eigenvalue weighted by Crippen LogP contribution is 2.38. The first-order valence-electron chi connectivity index (χ1n) is 5.78. The van der Waals surface area contributed by atoms with Gasteiger partial charge in [-0.25, -0.2) is 0 Å². The van der Waals surface area contributed by atoms with E-state index >= 15 is 0 Å². The van der Waals surface area contributed by atoms with E-state index in [1.165, 1.54) is 0 Å². The number of ether oxygens (including phenoxy) is 2. The van der Waals surface area contributed by atoms with Crippen molar-refractivity contribution in [3.63, 3.8) is 0 Å². The first-order valence-corrected chi connectivity index (χ1v) is 6.76. The van der Waals surface area contributed by atoms with E-state index in [9.17, 15) is 4.79 Å². The van der Waals surface area contributed by atoms with Gasteiger partial charge >= 0.3 is 0 Å². The fraction of sp³-hybridized carbons (Fsp3) is 0.462. The molecule has 4 heteroatoms. The summed E-state index contributed by atoms with van der Waals surface area (Å²) in [6.45, 7) is 7.05. The zero-order valence-corrected chi connectivity index (χ0v) is 11.3. The first-order chi connectivity index (χ1) is 8.26. The third-order valence-corrected chi connectivity index (χ3v) is 2.97. The summed E-state index contributed by atoms with van der Waals surface area (Å²) in [5.74, 6) is 2.32. The third kappa shape index (κ3) is 3.66. The van der Waals surface area contributed by atoms with Gasteiger partial charge in [0, 0.05) is 5.56 Å². The zero-order valence-electron chi connectivity index (χ0n) is 10.5. The van der Waals surface area contributed by atoms with Crippen LogP contribution in [-0.2, 0) is 0 Å². The molecule has 0 aliphatic heterocycles. The smallest absolute Gasteiger partial charge is 0.174 e. The van der Waals surface area contributed by atoms with E-state index < -0.39 is 0 Å². The predicted molar refractivity (Wildman–Crippen MR) is 70.6 cm³/mol. The van der Waals surface area contributed by atoms with Gasteiger partial charge in [0.2, 0.25) is 0 Å². The van der Waals surface area contributed by atoms with E-state index in [1.807, 2.05) is 19.9 Å². The van der Waals surface area contributed by atoms with Crippen LogP contribution >= 0.6 is 11.8 Å². The van der Waals surface area contributed by atoms with Crippen molar-refractivity contribution in [2.24, 2.45) is 0 Å². The van der Waals surface area contributed by atoms with E-state index in [0.29, 0.717) is 24.5 Å².